The lowest BCUT2D eigenvalue weighted by Crippen LogP contribution is -2.67. The van der Waals surface area contributed by atoms with E-state index >= 15 is 0 Å². The predicted octanol–water partition coefficient (Wildman–Crippen LogP) is 2.03. The number of alkyl halides is 2. The van der Waals surface area contributed by atoms with Crippen molar-refractivity contribution in [1.29, 1.82) is 0 Å². The van der Waals surface area contributed by atoms with E-state index in [1.165, 1.54) is 0 Å². The molecule has 138 valence electrons. The third-order valence-electron chi connectivity index (χ3n) is 3.92. The van der Waals surface area contributed by atoms with Gasteiger partial charge < -0.3 is 19.3 Å². The number of ether oxygens (including phenoxy) is 3. The van der Waals surface area contributed by atoms with Gasteiger partial charge in [0.05, 0.1) is 24.0 Å². The van der Waals surface area contributed by atoms with Gasteiger partial charge in [-0.1, -0.05) is 30.3 Å². The van der Waals surface area contributed by atoms with Crippen LogP contribution in [0.2, 0.25) is 0 Å². The first-order valence-corrected chi connectivity index (χ1v) is 8.70. The van der Waals surface area contributed by atoms with Crippen LogP contribution in [0.15, 0.2) is 30.3 Å². The molecule has 1 aromatic carbocycles. The molecule has 1 heterocycles. The van der Waals surface area contributed by atoms with Gasteiger partial charge in [0.15, 0.2) is 11.9 Å². The Labute approximate surface area is 156 Å². The molecule has 6 nitrogen and oxygen atoms in total. The molecule has 0 saturated carbocycles. The third kappa shape index (κ3) is 4.51. The maximum absolute atomic E-state index is 12.0. The van der Waals surface area contributed by atoms with Gasteiger partial charge >= 0.3 is 5.97 Å². The highest BCUT2D eigenvalue weighted by atomic mass is 35.5. The van der Waals surface area contributed by atoms with Crippen LogP contribution in [0.25, 0.3) is 0 Å². The molecule has 1 unspecified atom stereocenters. The summed E-state index contributed by atoms with van der Waals surface area (Å²) in [5.41, 5.74) is 0.855. The molecule has 1 fully saturated rings. The fraction of sp³-hybridized carbons (Fsp3) is 0.529. The van der Waals surface area contributed by atoms with E-state index in [9.17, 15) is 14.7 Å². The first-order valence-electron chi connectivity index (χ1n) is 7.73. The fourth-order valence-electron chi connectivity index (χ4n) is 2.64. The largest absolute Gasteiger partial charge is 0.453 e. The van der Waals surface area contributed by atoms with E-state index in [2.05, 4.69) is 0 Å². The van der Waals surface area contributed by atoms with Gasteiger partial charge in [-0.05, 0) is 5.56 Å². The Morgan fingerprint density at radius 1 is 1.28 bits per heavy atom. The summed E-state index contributed by atoms with van der Waals surface area (Å²) in [6.07, 6.45) is -3.25. The van der Waals surface area contributed by atoms with Crippen LogP contribution in [0.5, 0.6) is 0 Å². The second-order valence-corrected chi connectivity index (χ2v) is 6.61. The van der Waals surface area contributed by atoms with E-state index in [1.54, 1.807) is 0 Å². The minimum atomic E-state index is -2.38. The fourth-order valence-corrected chi connectivity index (χ4v) is 3.33. The summed E-state index contributed by atoms with van der Waals surface area (Å²) in [7, 11) is 0. The summed E-state index contributed by atoms with van der Waals surface area (Å²) >= 11 is 12.2. The van der Waals surface area contributed by atoms with Crippen LogP contribution in [0.3, 0.4) is 0 Å². The van der Waals surface area contributed by atoms with E-state index in [0.717, 1.165) is 19.4 Å². The smallest absolute Gasteiger partial charge is 0.303 e. The van der Waals surface area contributed by atoms with Crippen molar-refractivity contribution >= 4 is 35.0 Å². The Hall–Kier alpha value is -1.18. The van der Waals surface area contributed by atoms with Crippen molar-refractivity contribution in [2.24, 2.45) is 0 Å². The highest BCUT2D eigenvalue weighted by molar-refractivity contribution is 6.23. The normalized spacial score (nSPS) is 32.2. The standard InChI is InChI=1S/C17H20Cl2O6/c1-10(20)17(22)16(24-11(2)21)15(14(19)13(8-18)25-17)23-9-12-6-4-3-5-7-12/h3-7,13-16,22H,8-9H2,1-2H3/t13-,14-,15+,16-,17?/m1/s1. The summed E-state index contributed by atoms with van der Waals surface area (Å²) in [5.74, 6) is -3.87. The highest BCUT2D eigenvalue weighted by Gasteiger charge is 2.58. The minimum absolute atomic E-state index is 0.0677. The lowest BCUT2D eigenvalue weighted by atomic mass is 9.92. The molecule has 1 aliphatic heterocycles. The molecule has 0 amide bonds. The van der Waals surface area contributed by atoms with Crippen molar-refractivity contribution in [1.82, 2.24) is 0 Å². The molecule has 0 radical (unpaired) electrons. The number of Topliss-reactive ketones (excluding diaryl/α,β-unsaturated/α-hetero) is 1. The van der Waals surface area contributed by atoms with Crippen molar-refractivity contribution in [3.05, 3.63) is 35.9 Å². The monoisotopic (exact) mass is 390 g/mol. The number of ketones is 1. The Morgan fingerprint density at radius 3 is 2.44 bits per heavy atom. The van der Waals surface area contributed by atoms with Gasteiger partial charge in [0.1, 0.15) is 6.10 Å². The van der Waals surface area contributed by atoms with Gasteiger partial charge in [0.25, 0.3) is 5.79 Å². The van der Waals surface area contributed by atoms with Crippen molar-refractivity contribution in [2.75, 3.05) is 5.88 Å². The number of carbonyl (C=O) groups excluding carboxylic acids is 2. The van der Waals surface area contributed by atoms with Crippen LogP contribution >= 0.6 is 23.2 Å². The Bertz CT molecular complexity index is 610. The number of hydrogen-bond donors (Lipinski definition) is 1. The predicted molar refractivity (Wildman–Crippen MR) is 91.4 cm³/mol. The van der Waals surface area contributed by atoms with Crippen LogP contribution in [-0.2, 0) is 30.4 Å². The molecule has 25 heavy (non-hydrogen) atoms. The number of hydrogen-bond acceptors (Lipinski definition) is 6. The van der Waals surface area contributed by atoms with E-state index in [4.69, 9.17) is 37.4 Å². The molecule has 1 aromatic rings. The number of aliphatic hydroxyl groups is 1. The zero-order valence-corrected chi connectivity index (χ0v) is 15.4. The lowest BCUT2D eigenvalue weighted by Gasteiger charge is -2.46. The van der Waals surface area contributed by atoms with Crippen LogP contribution in [0, 0.1) is 0 Å². The molecule has 0 aliphatic carbocycles. The van der Waals surface area contributed by atoms with Crippen LogP contribution < -0.4 is 0 Å². The zero-order chi connectivity index (χ0) is 18.6. The number of halogens is 2. The number of esters is 1. The molecule has 1 saturated heterocycles. The van der Waals surface area contributed by atoms with Crippen molar-refractivity contribution in [2.45, 2.75) is 49.9 Å². The number of carbonyl (C=O) groups is 2. The third-order valence-corrected chi connectivity index (χ3v) is 4.75. The second kappa shape index (κ2) is 8.47. The van der Waals surface area contributed by atoms with Gasteiger partial charge in [-0.3, -0.25) is 9.59 Å². The topological polar surface area (TPSA) is 82.1 Å². The molecule has 2 rings (SSSR count). The first-order chi connectivity index (χ1) is 11.8. The number of benzene rings is 1. The average molecular weight is 391 g/mol. The highest BCUT2D eigenvalue weighted by Crippen LogP contribution is 2.36. The zero-order valence-electron chi connectivity index (χ0n) is 13.9. The summed E-state index contributed by atoms with van der Waals surface area (Å²) in [6, 6.07) is 9.25. The van der Waals surface area contributed by atoms with E-state index in [-0.39, 0.29) is 12.5 Å². The average Bonchev–Trinajstić information content (AvgIpc) is 2.58. The molecule has 1 N–H and O–H groups in total. The first kappa shape index (κ1) is 20.1. The molecule has 5 atom stereocenters. The molecule has 0 spiro atoms. The Morgan fingerprint density at radius 2 is 1.92 bits per heavy atom. The van der Waals surface area contributed by atoms with Gasteiger partial charge in [-0.15, -0.1) is 23.2 Å². The van der Waals surface area contributed by atoms with Crippen LogP contribution in [-0.4, -0.2) is 52.2 Å². The molecular weight excluding hydrogens is 371 g/mol. The molecule has 8 heteroatoms. The van der Waals surface area contributed by atoms with Crippen LogP contribution in [0.4, 0.5) is 0 Å². The van der Waals surface area contributed by atoms with Gasteiger partial charge in [0, 0.05) is 13.8 Å². The van der Waals surface area contributed by atoms with Gasteiger partial charge in [-0.25, -0.2) is 0 Å². The quantitative estimate of drug-likeness (QED) is 0.590. The lowest BCUT2D eigenvalue weighted by molar-refractivity contribution is -0.305. The molecule has 0 aromatic heterocycles. The number of rotatable bonds is 6. The molecule has 0 bridgehead atoms. The van der Waals surface area contributed by atoms with Crippen molar-refractivity contribution < 1.29 is 28.9 Å². The maximum atomic E-state index is 12.0. The SMILES string of the molecule is CC(=O)O[C@@H]1[C@@H](OCc2ccccc2)[C@H](Cl)[C@@H](CCl)OC1(O)C(C)=O. The molecular formula is C17H20Cl2O6. The van der Waals surface area contributed by atoms with Crippen molar-refractivity contribution in [3.8, 4) is 0 Å². The van der Waals surface area contributed by atoms with Gasteiger partial charge in [0.2, 0.25) is 0 Å². The summed E-state index contributed by atoms with van der Waals surface area (Å²) in [6.45, 7) is 2.44. The van der Waals surface area contributed by atoms with Crippen LogP contribution in [0.1, 0.15) is 19.4 Å². The Kier molecular flexibility index (Phi) is 6.82. The van der Waals surface area contributed by atoms with Gasteiger partial charge in [-0.2, -0.15) is 0 Å². The summed E-state index contributed by atoms with van der Waals surface area (Å²) in [5, 5.41) is 9.87. The summed E-state index contributed by atoms with van der Waals surface area (Å²) < 4.78 is 16.3. The van der Waals surface area contributed by atoms with E-state index in [1.807, 2.05) is 30.3 Å². The Balaban J connectivity index is 2.31. The second-order valence-electron chi connectivity index (χ2n) is 5.80. The van der Waals surface area contributed by atoms with E-state index < -0.39 is 41.2 Å². The maximum Gasteiger partial charge on any atom is 0.303 e. The molecule has 1 aliphatic rings. The van der Waals surface area contributed by atoms with Crippen molar-refractivity contribution in [3.63, 3.8) is 0 Å². The summed E-state index contributed by atoms with van der Waals surface area (Å²) in [4.78, 5) is 23.5. The minimum Gasteiger partial charge on any atom is -0.453 e. The van der Waals surface area contributed by atoms with E-state index in [0.29, 0.717) is 0 Å².